The van der Waals surface area contributed by atoms with E-state index in [1.807, 2.05) is 35.7 Å². The van der Waals surface area contributed by atoms with Gasteiger partial charge < -0.3 is 5.32 Å². The number of hydrogen-bond acceptors (Lipinski definition) is 5. The van der Waals surface area contributed by atoms with E-state index >= 15 is 0 Å². The van der Waals surface area contributed by atoms with Crippen LogP contribution in [-0.4, -0.2) is 20.7 Å². The summed E-state index contributed by atoms with van der Waals surface area (Å²) < 4.78 is 1.35. The molecular weight excluding hydrogens is 336 g/mol. The van der Waals surface area contributed by atoms with E-state index in [0.29, 0.717) is 6.54 Å². The third kappa shape index (κ3) is 4.39. The third-order valence-corrected chi connectivity index (χ3v) is 4.60. The second-order valence-corrected chi connectivity index (χ2v) is 6.60. The number of amides is 1. The van der Waals surface area contributed by atoms with Gasteiger partial charge >= 0.3 is 0 Å². The summed E-state index contributed by atoms with van der Waals surface area (Å²) >= 11 is 1.56. The number of carbonyl (C=O) groups excluding carboxylic acids is 1. The lowest BCUT2D eigenvalue weighted by atomic mass is 10.1. The summed E-state index contributed by atoms with van der Waals surface area (Å²) in [6.07, 6.45) is 1.68. The van der Waals surface area contributed by atoms with Gasteiger partial charge in [-0.3, -0.25) is 14.6 Å². The third-order valence-electron chi connectivity index (χ3n) is 3.70. The first kappa shape index (κ1) is 17.0. The molecule has 0 unspecified atom stereocenters. The highest BCUT2D eigenvalue weighted by Gasteiger charge is 2.15. The zero-order valence-electron chi connectivity index (χ0n) is 13.8. The minimum atomic E-state index is -0.382. The molecule has 3 heterocycles. The normalized spacial score (nSPS) is 11.9. The Labute approximate surface area is 149 Å². The van der Waals surface area contributed by atoms with Crippen molar-refractivity contribution in [1.29, 1.82) is 0 Å². The Morgan fingerprint density at radius 3 is 2.84 bits per heavy atom. The molecule has 6 nitrogen and oxygen atoms in total. The standard InChI is InChI=1S/C18H18N4O2S/c1-13(18(24)20-11-14-5-2-3-9-19-14)12-22-17(23)8-7-15(21-22)16-6-4-10-25-16/h2-10,13H,11-12H2,1H3,(H,20,24)/t13-/m1/s1. The van der Waals surface area contributed by atoms with Crippen LogP contribution < -0.4 is 10.9 Å². The zero-order valence-corrected chi connectivity index (χ0v) is 14.6. The second kappa shape index (κ2) is 7.85. The van der Waals surface area contributed by atoms with Gasteiger partial charge in [0, 0.05) is 12.3 Å². The molecule has 0 bridgehead atoms. The number of rotatable bonds is 6. The van der Waals surface area contributed by atoms with E-state index in [9.17, 15) is 9.59 Å². The molecule has 0 aromatic carbocycles. The molecule has 7 heteroatoms. The second-order valence-electron chi connectivity index (χ2n) is 5.66. The lowest BCUT2D eigenvalue weighted by Gasteiger charge is -2.13. The van der Waals surface area contributed by atoms with Gasteiger partial charge in [0.25, 0.3) is 5.56 Å². The maximum absolute atomic E-state index is 12.3. The average molecular weight is 354 g/mol. The smallest absolute Gasteiger partial charge is 0.266 e. The molecule has 0 aliphatic heterocycles. The van der Waals surface area contributed by atoms with Gasteiger partial charge in [-0.05, 0) is 29.6 Å². The van der Waals surface area contributed by atoms with Crippen molar-refractivity contribution >= 4 is 17.2 Å². The van der Waals surface area contributed by atoms with Gasteiger partial charge in [0.1, 0.15) is 5.69 Å². The first-order chi connectivity index (χ1) is 12.1. The molecule has 1 amide bonds. The summed E-state index contributed by atoms with van der Waals surface area (Å²) in [7, 11) is 0. The van der Waals surface area contributed by atoms with Crippen molar-refractivity contribution in [2.45, 2.75) is 20.0 Å². The van der Waals surface area contributed by atoms with Crippen molar-refractivity contribution in [2.24, 2.45) is 5.92 Å². The van der Waals surface area contributed by atoms with Gasteiger partial charge in [-0.2, -0.15) is 5.10 Å². The summed E-state index contributed by atoms with van der Waals surface area (Å²) in [4.78, 5) is 29.5. The first-order valence-electron chi connectivity index (χ1n) is 7.93. The van der Waals surface area contributed by atoms with Gasteiger partial charge in [0.15, 0.2) is 0 Å². The summed E-state index contributed by atoms with van der Waals surface area (Å²) in [5.41, 5.74) is 1.30. The van der Waals surface area contributed by atoms with Crippen molar-refractivity contribution in [3.63, 3.8) is 0 Å². The maximum atomic E-state index is 12.3. The Kier molecular flexibility index (Phi) is 5.35. The van der Waals surface area contributed by atoms with Crippen molar-refractivity contribution in [1.82, 2.24) is 20.1 Å². The van der Waals surface area contributed by atoms with E-state index < -0.39 is 0 Å². The molecule has 3 aromatic rings. The number of pyridine rings is 1. The fourth-order valence-corrected chi connectivity index (χ4v) is 3.02. The van der Waals surface area contributed by atoms with E-state index in [1.165, 1.54) is 10.7 Å². The highest BCUT2D eigenvalue weighted by atomic mass is 32.1. The molecule has 0 aliphatic carbocycles. The van der Waals surface area contributed by atoms with E-state index in [4.69, 9.17) is 0 Å². The molecule has 0 saturated carbocycles. The molecule has 3 rings (SSSR count). The van der Waals surface area contributed by atoms with Crippen LogP contribution in [0.25, 0.3) is 10.6 Å². The van der Waals surface area contributed by atoms with Gasteiger partial charge in [-0.15, -0.1) is 11.3 Å². The highest BCUT2D eigenvalue weighted by Crippen LogP contribution is 2.21. The fourth-order valence-electron chi connectivity index (χ4n) is 2.33. The van der Waals surface area contributed by atoms with E-state index in [0.717, 1.165) is 16.3 Å². The Balaban J connectivity index is 1.66. The predicted molar refractivity (Wildman–Crippen MR) is 97.1 cm³/mol. The van der Waals surface area contributed by atoms with Crippen LogP contribution in [-0.2, 0) is 17.9 Å². The van der Waals surface area contributed by atoms with Gasteiger partial charge in [-0.1, -0.05) is 19.1 Å². The number of nitrogens with zero attached hydrogens (tertiary/aromatic N) is 3. The fraction of sp³-hybridized carbons (Fsp3) is 0.222. The summed E-state index contributed by atoms with van der Waals surface area (Å²) in [5, 5.41) is 9.17. The van der Waals surface area contributed by atoms with Gasteiger partial charge in [-0.25, -0.2) is 4.68 Å². The van der Waals surface area contributed by atoms with Crippen LogP contribution in [0.5, 0.6) is 0 Å². The molecule has 25 heavy (non-hydrogen) atoms. The number of carbonyl (C=O) groups is 1. The Morgan fingerprint density at radius 2 is 2.12 bits per heavy atom. The Bertz CT molecular complexity index is 891. The predicted octanol–water partition coefficient (Wildman–Crippen LogP) is 2.32. The Morgan fingerprint density at radius 1 is 1.24 bits per heavy atom. The SMILES string of the molecule is C[C@H](Cn1nc(-c2cccs2)ccc1=O)C(=O)NCc1ccccn1. The molecule has 0 radical (unpaired) electrons. The van der Waals surface area contributed by atoms with Crippen molar-refractivity contribution in [2.75, 3.05) is 0 Å². The number of nitrogens with one attached hydrogen (secondary N) is 1. The van der Waals surface area contributed by atoms with E-state index in [-0.39, 0.29) is 23.9 Å². The van der Waals surface area contributed by atoms with Crippen LogP contribution in [0.1, 0.15) is 12.6 Å². The molecule has 0 fully saturated rings. The van der Waals surface area contributed by atoms with Crippen LogP contribution in [0.15, 0.2) is 58.8 Å². The largest absolute Gasteiger partial charge is 0.350 e. The van der Waals surface area contributed by atoms with Crippen LogP contribution in [0.2, 0.25) is 0 Å². The van der Waals surface area contributed by atoms with Crippen molar-refractivity contribution in [3.8, 4) is 10.6 Å². The number of thiophene rings is 1. The highest BCUT2D eigenvalue weighted by molar-refractivity contribution is 7.13. The molecular formula is C18H18N4O2S. The number of hydrogen-bond donors (Lipinski definition) is 1. The molecule has 1 N–H and O–H groups in total. The van der Waals surface area contributed by atoms with E-state index in [1.54, 1.807) is 30.5 Å². The molecule has 0 spiro atoms. The van der Waals surface area contributed by atoms with Crippen molar-refractivity contribution in [3.05, 3.63) is 70.1 Å². The molecule has 3 aromatic heterocycles. The lowest BCUT2D eigenvalue weighted by Crippen LogP contribution is -2.34. The van der Waals surface area contributed by atoms with Crippen LogP contribution in [0.3, 0.4) is 0 Å². The van der Waals surface area contributed by atoms with Gasteiger partial charge in [0.2, 0.25) is 5.91 Å². The van der Waals surface area contributed by atoms with Crippen LogP contribution in [0, 0.1) is 5.92 Å². The molecule has 0 saturated heterocycles. The molecule has 0 aliphatic rings. The van der Waals surface area contributed by atoms with Crippen LogP contribution >= 0.6 is 11.3 Å². The lowest BCUT2D eigenvalue weighted by molar-refractivity contribution is -0.125. The molecule has 128 valence electrons. The Hall–Kier alpha value is -2.80. The minimum absolute atomic E-state index is 0.138. The van der Waals surface area contributed by atoms with Crippen molar-refractivity contribution < 1.29 is 4.79 Å². The quantitative estimate of drug-likeness (QED) is 0.737. The monoisotopic (exact) mass is 354 g/mol. The number of aromatic nitrogens is 3. The van der Waals surface area contributed by atoms with Crippen LogP contribution in [0.4, 0.5) is 0 Å². The van der Waals surface area contributed by atoms with Gasteiger partial charge in [0.05, 0.1) is 29.6 Å². The zero-order chi connectivity index (χ0) is 17.6. The summed E-state index contributed by atoms with van der Waals surface area (Å²) in [6, 6.07) is 12.6. The topological polar surface area (TPSA) is 76.9 Å². The maximum Gasteiger partial charge on any atom is 0.266 e. The first-order valence-corrected chi connectivity index (χ1v) is 8.81. The minimum Gasteiger partial charge on any atom is -0.350 e. The summed E-state index contributed by atoms with van der Waals surface area (Å²) in [5.74, 6) is -0.520. The average Bonchev–Trinajstić information content (AvgIpc) is 3.17. The summed E-state index contributed by atoms with van der Waals surface area (Å²) in [6.45, 7) is 2.37. The van der Waals surface area contributed by atoms with E-state index in [2.05, 4.69) is 15.4 Å². The molecule has 1 atom stereocenters.